The summed E-state index contributed by atoms with van der Waals surface area (Å²) in [7, 11) is 0. The third-order valence-corrected chi connectivity index (χ3v) is 2.90. The summed E-state index contributed by atoms with van der Waals surface area (Å²) >= 11 is 0. The van der Waals surface area contributed by atoms with Crippen molar-refractivity contribution < 1.29 is 9.53 Å². The maximum atomic E-state index is 11.3. The summed E-state index contributed by atoms with van der Waals surface area (Å²) in [6.45, 7) is 2.24. The minimum Gasteiger partial charge on any atom is -0.465 e. The fourth-order valence-corrected chi connectivity index (χ4v) is 2.13. The van der Waals surface area contributed by atoms with Crippen LogP contribution >= 0.6 is 12.4 Å². The number of hydrogen-bond acceptors (Lipinski definition) is 3. The SMILES string of the molecule is CCOC(=O)[C@@H](N)CC1CCCCC1.Cl. The number of hydrogen-bond donors (Lipinski definition) is 1. The van der Waals surface area contributed by atoms with Crippen LogP contribution in [0.1, 0.15) is 45.4 Å². The lowest BCUT2D eigenvalue weighted by Gasteiger charge is -2.23. The number of carbonyl (C=O) groups excluding carboxylic acids is 1. The molecule has 1 fully saturated rings. The minimum atomic E-state index is -0.405. The Kier molecular flexibility index (Phi) is 7.79. The van der Waals surface area contributed by atoms with Gasteiger partial charge in [0.25, 0.3) is 0 Å². The molecule has 0 heterocycles. The molecule has 0 aromatic rings. The molecule has 0 spiro atoms. The van der Waals surface area contributed by atoms with Crippen LogP contribution in [0.15, 0.2) is 0 Å². The lowest BCUT2D eigenvalue weighted by Crippen LogP contribution is -2.34. The molecule has 1 atom stereocenters. The molecule has 0 bridgehead atoms. The third-order valence-electron chi connectivity index (χ3n) is 2.90. The second-order valence-corrected chi connectivity index (χ2v) is 4.10. The Morgan fingerprint density at radius 3 is 2.53 bits per heavy atom. The Balaban J connectivity index is 0.00000196. The highest BCUT2D eigenvalue weighted by molar-refractivity contribution is 5.85. The van der Waals surface area contributed by atoms with E-state index in [9.17, 15) is 4.79 Å². The number of ether oxygens (including phenoxy) is 1. The van der Waals surface area contributed by atoms with Crippen LogP contribution in [0.2, 0.25) is 0 Å². The van der Waals surface area contributed by atoms with Crippen molar-refractivity contribution in [2.24, 2.45) is 11.7 Å². The van der Waals surface area contributed by atoms with Gasteiger partial charge in [0, 0.05) is 0 Å². The van der Waals surface area contributed by atoms with Gasteiger partial charge in [-0.3, -0.25) is 4.79 Å². The molecule has 0 unspecified atom stereocenters. The highest BCUT2D eigenvalue weighted by atomic mass is 35.5. The average molecular weight is 236 g/mol. The Morgan fingerprint density at radius 1 is 1.40 bits per heavy atom. The molecular weight excluding hydrogens is 214 g/mol. The Hall–Kier alpha value is -0.280. The van der Waals surface area contributed by atoms with Crippen LogP contribution in [-0.4, -0.2) is 18.6 Å². The Bertz CT molecular complexity index is 181. The molecule has 0 saturated heterocycles. The van der Waals surface area contributed by atoms with Crippen LogP contribution in [0.25, 0.3) is 0 Å². The number of esters is 1. The number of halogens is 1. The zero-order valence-electron chi connectivity index (χ0n) is 9.41. The number of rotatable bonds is 4. The van der Waals surface area contributed by atoms with Crippen LogP contribution in [0.5, 0.6) is 0 Å². The van der Waals surface area contributed by atoms with Gasteiger partial charge in [0.1, 0.15) is 6.04 Å². The van der Waals surface area contributed by atoms with Crippen LogP contribution in [0, 0.1) is 5.92 Å². The molecule has 0 amide bonds. The van der Waals surface area contributed by atoms with Crippen molar-refractivity contribution in [3.63, 3.8) is 0 Å². The smallest absolute Gasteiger partial charge is 0.322 e. The van der Waals surface area contributed by atoms with E-state index >= 15 is 0 Å². The van der Waals surface area contributed by atoms with Crippen molar-refractivity contribution in [1.29, 1.82) is 0 Å². The van der Waals surface area contributed by atoms with Gasteiger partial charge in [0.05, 0.1) is 6.61 Å². The molecule has 0 radical (unpaired) electrons. The van der Waals surface area contributed by atoms with Crippen LogP contribution < -0.4 is 5.73 Å². The standard InChI is InChI=1S/C11H21NO2.ClH/c1-2-14-11(13)10(12)8-9-6-4-3-5-7-9;/h9-10H,2-8,12H2,1H3;1H/t10-;/m0./s1. The summed E-state index contributed by atoms with van der Waals surface area (Å²) in [4.78, 5) is 11.3. The van der Waals surface area contributed by atoms with E-state index in [-0.39, 0.29) is 18.4 Å². The van der Waals surface area contributed by atoms with E-state index in [1.165, 1.54) is 32.1 Å². The quantitative estimate of drug-likeness (QED) is 0.761. The molecule has 3 nitrogen and oxygen atoms in total. The summed E-state index contributed by atoms with van der Waals surface area (Å²) in [5.74, 6) is 0.404. The maximum absolute atomic E-state index is 11.3. The van der Waals surface area contributed by atoms with Gasteiger partial charge in [-0.15, -0.1) is 12.4 Å². The van der Waals surface area contributed by atoms with Gasteiger partial charge in [-0.25, -0.2) is 0 Å². The third kappa shape index (κ3) is 5.38. The summed E-state index contributed by atoms with van der Waals surface area (Å²) in [6.07, 6.45) is 7.19. The second kappa shape index (κ2) is 7.94. The molecule has 90 valence electrons. The first-order valence-electron chi connectivity index (χ1n) is 5.66. The van der Waals surface area contributed by atoms with E-state index in [1.807, 2.05) is 6.92 Å². The van der Waals surface area contributed by atoms with Gasteiger partial charge in [-0.05, 0) is 19.3 Å². The first kappa shape index (κ1) is 14.7. The summed E-state index contributed by atoms with van der Waals surface area (Å²) in [5.41, 5.74) is 5.76. The van der Waals surface area contributed by atoms with Gasteiger partial charge >= 0.3 is 5.97 Å². The van der Waals surface area contributed by atoms with Crippen molar-refractivity contribution in [3.8, 4) is 0 Å². The van der Waals surface area contributed by atoms with Gasteiger partial charge in [-0.2, -0.15) is 0 Å². The van der Waals surface area contributed by atoms with Crippen molar-refractivity contribution in [3.05, 3.63) is 0 Å². The molecule has 1 rings (SSSR count). The molecule has 0 aromatic heterocycles. The second-order valence-electron chi connectivity index (χ2n) is 4.10. The van der Waals surface area contributed by atoms with Gasteiger partial charge < -0.3 is 10.5 Å². The molecule has 0 aliphatic heterocycles. The van der Waals surface area contributed by atoms with E-state index in [4.69, 9.17) is 10.5 Å². The fraction of sp³-hybridized carbons (Fsp3) is 0.909. The largest absolute Gasteiger partial charge is 0.465 e. The zero-order chi connectivity index (χ0) is 10.4. The lowest BCUT2D eigenvalue weighted by atomic mass is 9.85. The van der Waals surface area contributed by atoms with Crippen molar-refractivity contribution in [1.82, 2.24) is 0 Å². The average Bonchev–Trinajstić information content (AvgIpc) is 2.19. The number of nitrogens with two attached hydrogens (primary N) is 1. The van der Waals surface area contributed by atoms with Crippen molar-refractivity contribution in [2.75, 3.05) is 6.61 Å². The predicted octanol–water partition coefficient (Wildman–Crippen LogP) is 2.27. The maximum Gasteiger partial charge on any atom is 0.322 e. The molecule has 2 N–H and O–H groups in total. The van der Waals surface area contributed by atoms with Crippen LogP contribution in [-0.2, 0) is 9.53 Å². The highest BCUT2D eigenvalue weighted by Crippen LogP contribution is 2.27. The van der Waals surface area contributed by atoms with Gasteiger partial charge in [0.2, 0.25) is 0 Å². The van der Waals surface area contributed by atoms with E-state index in [1.54, 1.807) is 0 Å². The Morgan fingerprint density at radius 2 is 2.00 bits per heavy atom. The zero-order valence-corrected chi connectivity index (χ0v) is 10.2. The van der Waals surface area contributed by atoms with E-state index in [0.717, 1.165) is 6.42 Å². The molecule has 15 heavy (non-hydrogen) atoms. The number of carbonyl (C=O) groups is 1. The van der Waals surface area contributed by atoms with Gasteiger partial charge in [0.15, 0.2) is 0 Å². The first-order valence-corrected chi connectivity index (χ1v) is 5.66. The molecular formula is C11H22ClNO2. The van der Waals surface area contributed by atoms with Crippen LogP contribution in [0.3, 0.4) is 0 Å². The first-order chi connectivity index (χ1) is 6.74. The summed E-state index contributed by atoms with van der Waals surface area (Å²) in [5, 5.41) is 0. The van der Waals surface area contributed by atoms with E-state index < -0.39 is 6.04 Å². The van der Waals surface area contributed by atoms with Crippen molar-refractivity contribution >= 4 is 18.4 Å². The van der Waals surface area contributed by atoms with Crippen molar-refractivity contribution in [2.45, 2.75) is 51.5 Å². The molecule has 1 aliphatic carbocycles. The topological polar surface area (TPSA) is 52.3 Å². The normalized spacial score (nSPS) is 19.1. The molecule has 1 aliphatic rings. The lowest BCUT2D eigenvalue weighted by molar-refractivity contribution is -0.145. The summed E-state index contributed by atoms with van der Waals surface area (Å²) in [6, 6.07) is -0.405. The monoisotopic (exact) mass is 235 g/mol. The Labute approximate surface area is 98.2 Å². The summed E-state index contributed by atoms with van der Waals surface area (Å²) < 4.78 is 4.88. The van der Waals surface area contributed by atoms with Crippen LogP contribution in [0.4, 0.5) is 0 Å². The molecule has 1 saturated carbocycles. The predicted molar refractivity (Wildman–Crippen MR) is 63.0 cm³/mol. The minimum absolute atomic E-state index is 0. The van der Waals surface area contributed by atoms with E-state index in [2.05, 4.69) is 0 Å². The molecule has 4 heteroatoms. The highest BCUT2D eigenvalue weighted by Gasteiger charge is 2.21. The molecule has 0 aromatic carbocycles. The fourth-order valence-electron chi connectivity index (χ4n) is 2.13. The van der Waals surface area contributed by atoms with E-state index in [0.29, 0.717) is 12.5 Å². The van der Waals surface area contributed by atoms with Gasteiger partial charge in [-0.1, -0.05) is 32.1 Å².